The van der Waals surface area contributed by atoms with E-state index in [1.165, 1.54) is 18.1 Å². The van der Waals surface area contributed by atoms with Crippen LogP contribution in [0.15, 0.2) is 54.7 Å². The maximum atomic E-state index is 11.0. The van der Waals surface area contributed by atoms with E-state index >= 15 is 0 Å². The van der Waals surface area contributed by atoms with Crippen LogP contribution in [0.3, 0.4) is 0 Å². The van der Waals surface area contributed by atoms with Gasteiger partial charge in [-0.25, -0.2) is 16.8 Å². The van der Waals surface area contributed by atoms with Gasteiger partial charge < -0.3 is 14.8 Å². The third-order valence-corrected chi connectivity index (χ3v) is 7.24. The van der Waals surface area contributed by atoms with Gasteiger partial charge in [-0.1, -0.05) is 30.4 Å². The van der Waals surface area contributed by atoms with Gasteiger partial charge in [0.05, 0.1) is 18.1 Å². The molecule has 0 saturated carbocycles. The molecule has 16 heteroatoms. The molecule has 7 nitrogen and oxygen atoms in total. The van der Waals surface area contributed by atoms with Crippen LogP contribution in [0.1, 0.15) is 24.0 Å². The SMILES string of the molecule is CS(=O)(=O)CCCCl.CS(=O)(=O)CCCOc1cccc2[nH]ccc12.I.II.I[I-]I.Oc1cccc2c1C=CC2. The van der Waals surface area contributed by atoms with Crippen molar-refractivity contribution in [3.8, 4) is 11.5 Å². The first kappa shape index (κ1) is 45.0. The molecule has 0 spiro atoms. The van der Waals surface area contributed by atoms with Crippen LogP contribution in [-0.4, -0.2) is 63.4 Å². The molecule has 0 saturated heterocycles. The number of benzene rings is 2. The van der Waals surface area contributed by atoms with Crippen LogP contribution in [-0.2, 0) is 26.1 Å². The number of aromatic amines is 1. The van der Waals surface area contributed by atoms with Gasteiger partial charge in [-0.05, 0) is 49.1 Å². The summed E-state index contributed by atoms with van der Waals surface area (Å²) in [5.74, 6) is 1.98. The van der Waals surface area contributed by atoms with Crippen molar-refractivity contribution in [3.63, 3.8) is 0 Å². The number of aromatic nitrogens is 1. The van der Waals surface area contributed by atoms with E-state index in [9.17, 15) is 21.9 Å². The van der Waals surface area contributed by atoms with Crippen LogP contribution < -0.4 is 18.0 Å². The summed E-state index contributed by atoms with van der Waals surface area (Å²) in [6, 6.07) is 13.3. The minimum absolute atomic E-state index is 0. The molecule has 0 bridgehead atoms. The van der Waals surface area contributed by atoms with E-state index in [2.05, 4.69) is 85.5 Å². The van der Waals surface area contributed by atoms with Crippen molar-refractivity contribution < 1.29 is 39.9 Å². The number of ether oxygens (including phenoxy) is 1. The van der Waals surface area contributed by atoms with Gasteiger partial charge in [-0.15, -0.1) is 35.6 Å². The zero-order valence-corrected chi connectivity index (χ0v) is 37.7. The van der Waals surface area contributed by atoms with Crippen LogP contribution in [0.25, 0.3) is 17.0 Å². The smallest absolute Gasteiger partial charge is 0.123 e. The molecule has 0 atom stereocenters. The molecule has 0 radical (unpaired) electrons. The Morgan fingerprint density at radius 3 is 2.10 bits per heavy atom. The van der Waals surface area contributed by atoms with Crippen LogP contribution in [0.4, 0.5) is 0 Å². The Hall–Kier alpha value is 1.89. The second kappa shape index (κ2) is 26.0. The summed E-state index contributed by atoms with van der Waals surface area (Å²) in [6.45, 7) is 0.414. The van der Waals surface area contributed by atoms with Crippen molar-refractivity contribution >= 4 is 147 Å². The molecule has 236 valence electrons. The topological polar surface area (TPSA) is 114 Å². The van der Waals surface area contributed by atoms with Crippen LogP contribution in [0.5, 0.6) is 11.5 Å². The number of allylic oxidation sites excluding steroid dienone is 1. The summed E-state index contributed by atoms with van der Waals surface area (Å²) in [6.07, 6.45) is 10.4. The normalized spacial score (nSPS) is 11.2. The van der Waals surface area contributed by atoms with Gasteiger partial charge in [-0.3, -0.25) is 0 Å². The summed E-state index contributed by atoms with van der Waals surface area (Å²) < 4.78 is 48.2. The monoisotopic (exact) mass is 1300 g/mol. The Kier molecular flexibility index (Phi) is 28.6. The molecule has 0 amide bonds. The number of sulfone groups is 2. The number of phenols is 1. The van der Waals surface area contributed by atoms with E-state index in [1.54, 1.807) is 6.07 Å². The van der Waals surface area contributed by atoms with Gasteiger partial charge in [-0.2, -0.15) is 0 Å². The number of fused-ring (bicyclic) bond motifs is 2. The molecule has 0 unspecified atom stereocenters. The van der Waals surface area contributed by atoms with Crippen molar-refractivity contribution in [2.24, 2.45) is 0 Å². The molecule has 0 aliphatic heterocycles. The number of hydrogen-bond acceptors (Lipinski definition) is 6. The summed E-state index contributed by atoms with van der Waals surface area (Å²) in [5.41, 5.74) is 3.23. The molecule has 2 aromatic carbocycles. The fourth-order valence-corrected chi connectivity index (χ4v) is 4.88. The van der Waals surface area contributed by atoms with Gasteiger partial charge in [0, 0.05) is 78.3 Å². The number of halogens is 7. The van der Waals surface area contributed by atoms with Crippen molar-refractivity contribution in [3.05, 3.63) is 65.9 Å². The van der Waals surface area contributed by atoms with Crippen LogP contribution >= 0.6 is 110 Å². The Morgan fingerprint density at radius 1 is 0.976 bits per heavy atom. The molecular weight excluding hydrogens is 1270 g/mol. The third-order valence-electron chi connectivity index (χ3n) is 4.92. The predicted octanol–water partition coefficient (Wildman–Crippen LogP) is 5.77. The van der Waals surface area contributed by atoms with E-state index < -0.39 is 19.7 Å². The second-order valence-corrected chi connectivity index (χ2v) is 29.4. The van der Waals surface area contributed by atoms with E-state index in [0.717, 1.165) is 28.6 Å². The summed E-state index contributed by atoms with van der Waals surface area (Å²) in [4.78, 5) is 3.10. The van der Waals surface area contributed by atoms with Crippen molar-refractivity contribution in [2.75, 3.05) is 36.5 Å². The molecule has 4 rings (SSSR count). The molecule has 2 N–H and O–H groups in total. The minimum atomic E-state index is -2.90. The van der Waals surface area contributed by atoms with Crippen molar-refractivity contribution in [2.45, 2.75) is 19.3 Å². The fraction of sp³-hybridized carbons (Fsp3) is 0.360. The quantitative estimate of drug-likeness (QED) is 0.169. The van der Waals surface area contributed by atoms with E-state index in [-0.39, 0.29) is 35.5 Å². The maximum Gasteiger partial charge on any atom is 0.123 e. The number of H-pyrrole nitrogens is 1. The number of nitrogens with one attached hydrogen (secondary N) is 1. The molecule has 41 heavy (non-hydrogen) atoms. The molecule has 1 heterocycles. The maximum absolute atomic E-state index is 11.0. The predicted molar refractivity (Wildman–Crippen MR) is 216 cm³/mol. The molecule has 3 aromatic rings. The Labute approximate surface area is 319 Å². The number of hydrogen-bond donors (Lipinski definition) is 2. The first-order valence-corrected chi connectivity index (χ1v) is 35.0. The minimum Gasteiger partial charge on any atom is -0.507 e. The Bertz CT molecular complexity index is 1370. The molecule has 1 aromatic heterocycles. The van der Waals surface area contributed by atoms with Crippen LogP contribution in [0, 0.1) is 0 Å². The second-order valence-electron chi connectivity index (χ2n) is 8.21. The first-order valence-electron chi connectivity index (χ1n) is 11.5. The van der Waals surface area contributed by atoms with Gasteiger partial charge in [0.15, 0.2) is 0 Å². The van der Waals surface area contributed by atoms with E-state index in [1.807, 2.05) is 48.7 Å². The largest absolute Gasteiger partial charge is 0.507 e. The van der Waals surface area contributed by atoms with Gasteiger partial charge in [0.2, 0.25) is 0 Å². The first-order chi connectivity index (χ1) is 18.9. The van der Waals surface area contributed by atoms with Gasteiger partial charge in [0.1, 0.15) is 31.2 Å². The van der Waals surface area contributed by atoms with Crippen LogP contribution in [0.2, 0.25) is 0 Å². The van der Waals surface area contributed by atoms with Gasteiger partial charge in [0.25, 0.3) is 0 Å². The van der Waals surface area contributed by atoms with Gasteiger partial charge >= 0.3 is 50.5 Å². The number of rotatable bonds is 8. The average Bonchev–Trinajstić information content (AvgIpc) is 3.58. The Balaban J connectivity index is 0. The Morgan fingerprint density at radius 2 is 1.56 bits per heavy atom. The summed E-state index contributed by atoms with van der Waals surface area (Å²) in [7, 11) is -5.67. The standard InChI is InChI=1S/C12H15NO3S.C9H8O.C4H9ClO2S.I3.I2.HI/c1-17(14,15)9-3-8-16-12-5-2-4-11-10(12)6-7-13-11;10-9-6-2-4-7-3-1-5-8(7)9;1-8(6,7)4-2-3-5;1-3-2;1-2;/h2,4-7,13H,3,8-9H2,1H3;1-2,4-6,10H,3H2;2-4H2,1H3;;;1H/q;;;-1;;. The zero-order valence-electron chi connectivity index (χ0n) is 22.2. The van der Waals surface area contributed by atoms with Crippen molar-refractivity contribution in [1.82, 2.24) is 4.98 Å². The molecule has 1 aliphatic carbocycles. The fourth-order valence-electron chi connectivity index (χ4n) is 3.28. The number of alkyl halides is 1. The summed E-state index contributed by atoms with van der Waals surface area (Å²) in [5, 5.41) is 10.3. The molecule has 1 aliphatic rings. The summed E-state index contributed by atoms with van der Waals surface area (Å²) >= 11 is 14.8. The molecular formula is C25H33ClI6NO6S2-. The molecule has 0 fully saturated rings. The zero-order chi connectivity index (χ0) is 30.6. The van der Waals surface area contributed by atoms with E-state index in [0.29, 0.717) is 44.3 Å². The number of aromatic hydroxyl groups is 1. The average molecular weight is 1300 g/mol. The third kappa shape index (κ3) is 22.1. The van der Waals surface area contributed by atoms with Crippen molar-refractivity contribution in [1.29, 1.82) is 0 Å². The number of phenolic OH excluding ortho intramolecular Hbond substituents is 1. The van der Waals surface area contributed by atoms with E-state index in [4.69, 9.17) is 16.3 Å².